The number of hydrogen-bond donors (Lipinski definition) is 1. The van der Waals surface area contributed by atoms with Gasteiger partial charge in [-0.2, -0.15) is 0 Å². The number of rotatable bonds is 1. The first kappa shape index (κ1) is 14.5. The molecule has 1 saturated heterocycles. The normalized spacial score (nSPS) is 17.9. The molecule has 1 fully saturated rings. The Balaban J connectivity index is 2.40. The summed E-state index contributed by atoms with van der Waals surface area (Å²) in [7, 11) is 0. The lowest BCUT2D eigenvalue weighted by Crippen LogP contribution is -2.65. The monoisotopic (exact) mass is 298 g/mol. The maximum Gasteiger partial charge on any atom is 0.256 e. The van der Waals surface area contributed by atoms with Crippen molar-refractivity contribution in [2.45, 2.75) is 19.4 Å². The molecule has 20 heavy (non-hydrogen) atoms. The van der Waals surface area contributed by atoms with Crippen LogP contribution in [-0.4, -0.2) is 34.7 Å². The molecule has 0 unspecified atom stereocenters. The van der Waals surface area contributed by atoms with Gasteiger partial charge in [0.25, 0.3) is 11.8 Å². The molecule has 2 rings (SSSR count). The van der Waals surface area contributed by atoms with Crippen LogP contribution in [0.1, 0.15) is 24.2 Å². The van der Waals surface area contributed by atoms with E-state index < -0.39 is 29.1 Å². The Morgan fingerprint density at radius 1 is 1.40 bits per heavy atom. The quantitative estimate of drug-likeness (QED) is 0.796. The summed E-state index contributed by atoms with van der Waals surface area (Å²) in [5.74, 6) is -2.30. The topological polar surface area (TPSA) is 66.5 Å². The molecule has 0 aromatic heterocycles. The fourth-order valence-corrected chi connectivity index (χ4v) is 2.16. The molecule has 3 amide bonds. The number of nitrogens with zero attached hydrogens (tertiary/aromatic N) is 1. The summed E-state index contributed by atoms with van der Waals surface area (Å²) in [6, 6.07) is 3.33. The highest BCUT2D eigenvalue weighted by Crippen LogP contribution is 2.25. The second kappa shape index (κ2) is 4.86. The van der Waals surface area contributed by atoms with Gasteiger partial charge in [0.05, 0.1) is 10.6 Å². The van der Waals surface area contributed by atoms with Crippen LogP contribution >= 0.6 is 11.6 Å². The molecule has 1 heterocycles. The Morgan fingerprint density at radius 3 is 2.65 bits per heavy atom. The number of halogens is 2. The Hall–Kier alpha value is -1.95. The minimum absolute atomic E-state index is 0.0450. The molecule has 0 atom stereocenters. The number of carbonyl (C=O) groups is 3. The van der Waals surface area contributed by atoms with E-state index in [1.807, 2.05) is 0 Å². The van der Waals surface area contributed by atoms with Crippen LogP contribution in [0.4, 0.5) is 4.39 Å². The Kier molecular flexibility index (Phi) is 3.52. The van der Waals surface area contributed by atoms with Gasteiger partial charge in [0.1, 0.15) is 17.9 Å². The van der Waals surface area contributed by atoms with Crippen LogP contribution in [0.3, 0.4) is 0 Å². The molecular weight excluding hydrogens is 287 g/mol. The maximum absolute atomic E-state index is 13.0. The number of nitrogens with one attached hydrogen (secondary N) is 1. The van der Waals surface area contributed by atoms with Crippen LogP contribution in [0.5, 0.6) is 0 Å². The van der Waals surface area contributed by atoms with Gasteiger partial charge in [-0.15, -0.1) is 0 Å². The molecule has 1 aliphatic heterocycles. The maximum atomic E-state index is 13.0. The van der Waals surface area contributed by atoms with E-state index in [1.165, 1.54) is 19.9 Å². The summed E-state index contributed by atoms with van der Waals surface area (Å²) in [6.45, 7) is 2.78. The zero-order chi connectivity index (χ0) is 15.1. The average Bonchev–Trinajstić information content (AvgIpc) is 2.33. The molecule has 0 aliphatic carbocycles. The van der Waals surface area contributed by atoms with Crippen molar-refractivity contribution in [1.29, 1.82) is 0 Å². The lowest BCUT2D eigenvalue weighted by atomic mass is 9.97. The van der Waals surface area contributed by atoms with Crippen LogP contribution in [0.25, 0.3) is 0 Å². The zero-order valence-corrected chi connectivity index (χ0v) is 11.6. The van der Waals surface area contributed by atoms with Crippen molar-refractivity contribution in [2.24, 2.45) is 0 Å². The minimum atomic E-state index is -1.19. The van der Waals surface area contributed by atoms with Gasteiger partial charge in [-0.05, 0) is 32.0 Å². The molecule has 1 aromatic rings. The molecule has 0 spiro atoms. The average molecular weight is 299 g/mol. The molecular formula is C13H12ClFN2O3. The minimum Gasteiger partial charge on any atom is -0.315 e. The Bertz CT molecular complexity index is 616. The fraction of sp³-hybridized carbons (Fsp3) is 0.308. The van der Waals surface area contributed by atoms with E-state index in [1.54, 1.807) is 0 Å². The first-order valence-electron chi connectivity index (χ1n) is 5.85. The predicted octanol–water partition coefficient (Wildman–Crippen LogP) is 1.36. The van der Waals surface area contributed by atoms with Crippen molar-refractivity contribution < 1.29 is 18.8 Å². The summed E-state index contributed by atoms with van der Waals surface area (Å²) in [5, 5.41) is 2.10. The van der Waals surface area contributed by atoms with Gasteiger partial charge < -0.3 is 4.90 Å². The van der Waals surface area contributed by atoms with Crippen molar-refractivity contribution >= 4 is 29.3 Å². The second-order valence-electron chi connectivity index (χ2n) is 4.95. The largest absolute Gasteiger partial charge is 0.315 e. The molecule has 1 aliphatic rings. The van der Waals surface area contributed by atoms with E-state index in [0.29, 0.717) is 0 Å². The van der Waals surface area contributed by atoms with E-state index in [4.69, 9.17) is 11.6 Å². The third-order valence-electron chi connectivity index (χ3n) is 3.19. The summed E-state index contributed by atoms with van der Waals surface area (Å²) in [6.07, 6.45) is 0. The van der Waals surface area contributed by atoms with Crippen LogP contribution in [-0.2, 0) is 9.59 Å². The Labute approximate surface area is 119 Å². The second-order valence-corrected chi connectivity index (χ2v) is 5.36. The van der Waals surface area contributed by atoms with Gasteiger partial charge in [-0.1, -0.05) is 11.6 Å². The molecule has 0 bridgehead atoms. The molecule has 106 valence electrons. The van der Waals surface area contributed by atoms with Gasteiger partial charge in [0, 0.05) is 0 Å². The zero-order valence-electron chi connectivity index (χ0n) is 10.9. The van der Waals surface area contributed by atoms with E-state index in [2.05, 4.69) is 5.32 Å². The van der Waals surface area contributed by atoms with Crippen LogP contribution in [0.2, 0.25) is 5.02 Å². The number of hydrogen-bond acceptors (Lipinski definition) is 3. The molecule has 5 nitrogen and oxygen atoms in total. The highest BCUT2D eigenvalue weighted by Gasteiger charge is 2.44. The summed E-state index contributed by atoms with van der Waals surface area (Å²) < 4.78 is 13.0. The Morgan fingerprint density at radius 2 is 2.05 bits per heavy atom. The van der Waals surface area contributed by atoms with Crippen molar-refractivity contribution in [3.63, 3.8) is 0 Å². The highest BCUT2D eigenvalue weighted by atomic mass is 35.5. The van der Waals surface area contributed by atoms with Crippen molar-refractivity contribution in [3.05, 3.63) is 34.6 Å². The van der Waals surface area contributed by atoms with Gasteiger partial charge in [0.2, 0.25) is 5.91 Å². The van der Waals surface area contributed by atoms with Gasteiger partial charge >= 0.3 is 0 Å². The lowest BCUT2D eigenvalue weighted by Gasteiger charge is -2.40. The molecule has 1 N–H and O–H groups in total. The van der Waals surface area contributed by atoms with Crippen LogP contribution in [0, 0.1) is 5.82 Å². The van der Waals surface area contributed by atoms with Crippen LogP contribution < -0.4 is 5.32 Å². The van der Waals surface area contributed by atoms with Gasteiger partial charge in [0.15, 0.2) is 0 Å². The van der Waals surface area contributed by atoms with E-state index >= 15 is 0 Å². The molecule has 1 aromatic carbocycles. The van der Waals surface area contributed by atoms with Crippen molar-refractivity contribution in [1.82, 2.24) is 10.2 Å². The summed E-state index contributed by atoms with van der Waals surface area (Å²) in [5.41, 5.74) is -1.15. The van der Waals surface area contributed by atoms with Gasteiger partial charge in [-0.3, -0.25) is 19.7 Å². The molecule has 0 saturated carbocycles. The molecule has 0 radical (unpaired) electrons. The lowest BCUT2D eigenvalue weighted by molar-refractivity contribution is -0.143. The first-order valence-corrected chi connectivity index (χ1v) is 6.22. The van der Waals surface area contributed by atoms with Crippen molar-refractivity contribution in [3.8, 4) is 0 Å². The third kappa shape index (κ3) is 2.38. The number of amides is 3. The number of carbonyl (C=O) groups excluding carboxylic acids is 3. The summed E-state index contributed by atoms with van der Waals surface area (Å²) in [4.78, 5) is 36.8. The first-order chi connectivity index (χ1) is 9.23. The predicted molar refractivity (Wildman–Crippen MR) is 69.7 cm³/mol. The van der Waals surface area contributed by atoms with E-state index in [9.17, 15) is 18.8 Å². The SMILES string of the molecule is CC1(C)C(=O)NC(=O)CN1C(=O)c1ccc(F)cc1Cl. The van der Waals surface area contributed by atoms with Crippen molar-refractivity contribution in [2.75, 3.05) is 6.54 Å². The van der Waals surface area contributed by atoms with E-state index in [0.717, 1.165) is 17.0 Å². The van der Waals surface area contributed by atoms with Gasteiger partial charge in [-0.25, -0.2) is 4.39 Å². The number of imide groups is 1. The standard InChI is InChI=1S/C13H12ClFN2O3/c1-13(2)12(20)16-10(18)6-17(13)11(19)8-4-3-7(15)5-9(8)14/h3-5H,6H2,1-2H3,(H,16,18,20). The highest BCUT2D eigenvalue weighted by molar-refractivity contribution is 6.34. The van der Waals surface area contributed by atoms with Crippen LogP contribution in [0.15, 0.2) is 18.2 Å². The number of benzene rings is 1. The third-order valence-corrected chi connectivity index (χ3v) is 3.50. The number of piperazine rings is 1. The fourth-order valence-electron chi connectivity index (χ4n) is 1.92. The van der Waals surface area contributed by atoms with E-state index in [-0.39, 0.29) is 17.1 Å². The smallest absolute Gasteiger partial charge is 0.256 e. The molecule has 7 heteroatoms. The summed E-state index contributed by atoms with van der Waals surface area (Å²) >= 11 is 5.84.